The molecule has 0 saturated carbocycles. The summed E-state index contributed by atoms with van der Waals surface area (Å²) in [6.07, 6.45) is 9.03. The number of fused-ring (bicyclic) bond motifs is 2. The number of unbranched alkanes of at least 4 members (excludes halogenated alkanes) is 1. The molecule has 0 spiro atoms. The van der Waals surface area contributed by atoms with E-state index in [1.807, 2.05) is 42.7 Å². The van der Waals surface area contributed by atoms with Crippen LogP contribution in [0.25, 0.3) is 22.2 Å². The van der Waals surface area contributed by atoms with E-state index in [0.717, 1.165) is 107 Å². The third-order valence-corrected chi connectivity index (χ3v) is 10.0. The first-order valence-corrected chi connectivity index (χ1v) is 19.0. The Morgan fingerprint density at radius 3 is 2.51 bits per heavy atom. The molecule has 2 aliphatic heterocycles. The number of benzene rings is 3. The van der Waals surface area contributed by atoms with Gasteiger partial charge in [-0.05, 0) is 60.1 Å². The standard InChI is InChI=1S/C42H49N7O4/c1-2-3-18-43-42-45-28-35-34(27-44-40(35)47-42)31-16-14-30(15-17-31)29-49-22-20-48(21-23-49)19-8-25-52-24-7-11-32-9-4-5-12-36(32)53-37-13-6-10-33-26-38(50)46-41(51)39(33)37/h4-6,9-10,12-17,27-28H,2-3,7-8,11,18-26,29H2,1H3,(H,46,50,51)(H2,43,44,45,47). The maximum absolute atomic E-state index is 12.5. The minimum atomic E-state index is -0.412. The van der Waals surface area contributed by atoms with Gasteiger partial charge in [0.05, 0.1) is 12.0 Å². The highest BCUT2D eigenvalue weighted by atomic mass is 16.5. The average molecular weight is 716 g/mol. The van der Waals surface area contributed by atoms with Crippen LogP contribution < -0.4 is 15.4 Å². The Labute approximate surface area is 311 Å². The number of H-pyrrole nitrogens is 1. The zero-order valence-corrected chi connectivity index (χ0v) is 30.5. The highest BCUT2D eigenvalue weighted by Crippen LogP contribution is 2.32. The van der Waals surface area contributed by atoms with Crippen LogP contribution in [0.3, 0.4) is 0 Å². The Kier molecular flexibility index (Phi) is 12.1. The average Bonchev–Trinajstić information content (AvgIpc) is 3.59. The SMILES string of the molecule is CCCCNc1ncc2c(-c3ccc(CN4CCN(CCCOCCCc5ccccc5Oc5cccc6c5C(=O)NC(=O)C6)CC4)cc3)c[nH]c2n1. The van der Waals surface area contributed by atoms with Gasteiger partial charge < -0.3 is 24.7 Å². The topological polar surface area (TPSA) is 125 Å². The first-order valence-electron chi connectivity index (χ1n) is 19.0. The number of aryl methyl sites for hydroxylation is 1. The summed E-state index contributed by atoms with van der Waals surface area (Å²) in [5.74, 6) is 1.15. The molecular formula is C42H49N7O4. The van der Waals surface area contributed by atoms with E-state index in [2.05, 4.69) is 66.6 Å². The van der Waals surface area contributed by atoms with Crippen LogP contribution in [0, 0.1) is 0 Å². The number of anilines is 1. The summed E-state index contributed by atoms with van der Waals surface area (Å²) in [5, 5.41) is 6.73. The van der Waals surface area contributed by atoms with Gasteiger partial charge in [-0.2, -0.15) is 4.98 Å². The molecular weight excluding hydrogens is 667 g/mol. The van der Waals surface area contributed by atoms with E-state index in [1.165, 1.54) is 11.1 Å². The smallest absolute Gasteiger partial charge is 0.261 e. The monoisotopic (exact) mass is 715 g/mol. The van der Waals surface area contributed by atoms with Gasteiger partial charge >= 0.3 is 0 Å². The van der Waals surface area contributed by atoms with E-state index in [9.17, 15) is 9.59 Å². The summed E-state index contributed by atoms with van der Waals surface area (Å²) in [4.78, 5) is 41.9. The van der Waals surface area contributed by atoms with Crippen molar-refractivity contribution in [1.82, 2.24) is 30.1 Å². The van der Waals surface area contributed by atoms with Crippen molar-refractivity contribution in [2.24, 2.45) is 0 Å². The zero-order valence-electron chi connectivity index (χ0n) is 30.5. The number of nitrogens with zero attached hydrogens (tertiary/aromatic N) is 4. The minimum absolute atomic E-state index is 0.173. The highest BCUT2D eigenvalue weighted by molar-refractivity contribution is 6.11. The summed E-state index contributed by atoms with van der Waals surface area (Å²) < 4.78 is 12.2. The van der Waals surface area contributed by atoms with Crippen LogP contribution in [-0.4, -0.2) is 89.0 Å². The van der Waals surface area contributed by atoms with Crippen molar-refractivity contribution in [3.63, 3.8) is 0 Å². The van der Waals surface area contributed by atoms with Gasteiger partial charge in [0.15, 0.2) is 0 Å². The second-order valence-electron chi connectivity index (χ2n) is 13.9. The first kappa shape index (κ1) is 36.3. The fraction of sp³-hybridized carbons (Fsp3) is 0.381. The Bertz CT molecular complexity index is 2000. The molecule has 53 heavy (non-hydrogen) atoms. The summed E-state index contributed by atoms with van der Waals surface area (Å²) in [5.41, 5.74) is 6.65. The van der Waals surface area contributed by atoms with Gasteiger partial charge in [0.2, 0.25) is 11.9 Å². The van der Waals surface area contributed by atoms with Crippen LogP contribution in [0.15, 0.2) is 79.1 Å². The summed E-state index contributed by atoms with van der Waals surface area (Å²) in [6, 6.07) is 22.2. The maximum Gasteiger partial charge on any atom is 0.261 e. The number of amides is 2. The number of aromatic nitrogens is 3. The number of hydrogen-bond donors (Lipinski definition) is 3. The van der Waals surface area contributed by atoms with Crippen molar-refractivity contribution < 1.29 is 19.1 Å². The quantitative estimate of drug-likeness (QED) is 0.0722. The number of imide groups is 1. The van der Waals surface area contributed by atoms with Crippen LogP contribution >= 0.6 is 0 Å². The van der Waals surface area contributed by atoms with Gasteiger partial charge in [0, 0.05) is 82.4 Å². The fourth-order valence-electron chi connectivity index (χ4n) is 7.09. The Hall–Kier alpha value is -5.10. The lowest BCUT2D eigenvalue weighted by molar-refractivity contribution is -0.119. The molecule has 0 bridgehead atoms. The van der Waals surface area contributed by atoms with Crippen molar-refractivity contribution in [2.75, 3.05) is 57.8 Å². The molecule has 0 atom stereocenters. The molecule has 11 nitrogen and oxygen atoms in total. The molecule has 0 unspecified atom stereocenters. The number of para-hydroxylation sites is 1. The largest absolute Gasteiger partial charge is 0.456 e. The van der Waals surface area contributed by atoms with E-state index in [-0.39, 0.29) is 12.3 Å². The molecule has 0 radical (unpaired) electrons. The number of carbonyl (C=O) groups is 2. The van der Waals surface area contributed by atoms with E-state index < -0.39 is 5.91 Å². The van der Waals surface area contributed by atoms with E-state index in [1.54, 1.807) is 12.1 Å². The van der Waals surface area contributed by atoms with Gasteiger partial charge in [-0.15, -0.1) is 0 Å². The lowest BCUT2D eigenvalue weighted by Crippen LogP contribution is -2.46. The number of nitrogens with one attached hydrogen (secondary N) is 3. The van der Waals surface area contributed by atoms with E-state index in [4.69, 9.17) is 9.47 Å². The van der Waals surface area contributed by atoms with Gasteiger partial charge in [0.1, 0.15) is 17.1 Å². The predicted molar refractivity (Wildman–Crippen MR) is 207 cm³/mol. The molecule has 2 aromatic heterocycles. The van der Waals surface area contributed by atoms with Crippen LogP contribution in [0.5, 0.6) is 11.5 Å². The number of aromatic amines is 1. The zero-order chi connectivity index (χ0) is 36.4. The Morgan fingerprint density at radius 2 is 1.66 bits per heavy atom. The van der Waals surface area contributed by atoms with Crippen molar-refractivity contribution in [3.8, 4) is 22.6 Å². The van der Waals surface area contributed by atoms with Crippen LogP contribution in [-0.2, 0) is 28.9 Å². The van der Waals surface area contributed by atoms with Crippen LogP contribution in [0.2, 0.25) is 0 Å². The molecule has 11 heteroatoms. The minimum Gasteiger partial charge on any atom is -0.456 e. The van der Waals surface area contributed by atoms with Gasteiger partial charge in [-0.25, -0.2) is 4.98 Å². The lowest BCUT2D eigenvalue weighted by Gasteiger charge is -2.34. The third-order valence-electron chi connectivity index (χ3n) is 10.0. The summed E-state index contributed by atoms with van der Waals surface area (Å²) in [6.45, 7) is 10.8. The molecule has 7 rings (SSSR count). The van der Waals surface area contributed by atoms with Crippen molar-refractivity contribution in [2.45, 2.75) is 52.0 Å². The second-order valence-corrected chi connectivity index (χ2v) is 13.9. The Morgan fingerprint density at radius 1 is 0.868 bits per heavy atom. The third kappa shape index (κ3) is 9.29. The number of piperazine rings is 1. The van der Waals surface area contributed by atoms with Crippen LogP contribution in [0.1, 0.15) is 59.7 Å². The maximum atomic E-state index is 12.5. The van der Waals surface area contributed by atoms with E-state index >= 15 is 0 Å². The Balaban J connectivity index is 0.791. The number of ether oxygens (including phenoxy) is 2. The van der Waals surface area contributed by atoms with Gasteiger partial charge in [-0.3, -0.25) is 19.8 Å². The number of hydrogen-bond acceptors (Lipinski definition) is 9. The number of carbonyl (C=O) groups excluding carboxylic acids is 2. The summed E-state index contributed by atoms with van der Waals surface area (Å²) in [7, 11) is 0. The first-order chi connectivity index (χ1) is 26.0. The molecule has 1 saturated heterocycles. The summed E-state index contributed by atoms with van der Waals surface area (Å²) >= 11 is 0. The number of rotatable bonds is 17. The molecule has 4 heterocycles. The molecule has 3 aromatic carbocycles. The van der Waals surface area contributed by atoms with Gasteiger partial charge in [0.25, 0.3) is 5.91 Å². The van der Waals surface area contributed by atoms with Crippen molar-refractivity contribution >= 4 is 28.8 Å². The molecule has 5 aromatic rings. The molecule has 1 fully saturated rings. The van der Waals surface area contributed by atoms with E-state index in [0.29, 0.717) is 35.2 Å². The normalized spacial score (nSPS) is 15.0. The van der Waals surface area contributed by atoms with Crippen molar-refractivity contribution in [3.05, 3.63) is 101 Å². The van der Waals surface area contributed by atoms with Crippen LogP contribution in [0.4, 0.5) is 5.95 Å². The van der Waals surface area contributed by atoms with Gasteiger partial charge in [-0.1, -0.05) is 67.9 Å². The second kappa shape index (κ2) is 17.6. The van der Waals surface area contributed by atoms with Crippen molar-refractivity contribution in [1.29, 1.82) is 0 Å². The fourth-order valence-corrected chi connectivity index (χ4v) is 7.09. The molecule has 2 aliphatic rings. The molecule has 0 aliphatic carbocycles. The predicted octanol–water partition coefficient (Wildman–Crippen LogP) is 6.60. The molecule has 276 valence electrons. The highest BCUT2D eigenvalue weighted by Gasteiger charge is 2.26. The molecule has 3 N–H and O–H groups in total. The lowest BCUT2D eigenvalue weighted by atomic mass is 9.99. The molecule has 2 amide bonds.